The molecule has 0 bridgehead atoms. The molecule has 2 aliphatic heterocycles. The van der Waals surface area contributed by atoms with Gasteiger partial charge in [-0.3, -0.25) is 4.98 Å². The molecule has 0 radical (unpaired) electrons. The fraction of sp³-hybridized carbons (Fsp3) is 0.600. The van der Waals surface area contributed by atoms with Crippen LogP contribution in [0.5, 0.6) is 0 Å². The topological polar surface area (TPSA) is 67.3 Å². The zero-order valence-electron chi connectivity index (χ0n) is 13.0. The van der Waals surface area contributed by atoms with Crippen molar-refractivity contribution in [1.29, 1.82) is 0 Å². The summed E-state index contributed by atoms with van der Waals surface area (Å²) in [6.45, 7) is 5.34. The van der Waals surface area contributed by atoms with Gasteiger partial charge < -0.3 is 14.5 Å². The molecule has 2 aliphatic rings. The Labute approximate surface area is 139 Å². The molecule has 0 N–H and O–H groups in total. The third-order valence-electron chi connectivity index (χ3n) is 4.59. The van der Waals surface area contributed by atoms with Crippen molar-refractivity contribution >= 4 is 22.3 Å². The van der Waals surface area contributed by atoms with Gasteiger partial charge in [0, 0.05) is 44.0 Å². The quantitative estimate of drug-likeness (QED) is 0.824. The van der Waals surface area contributed by atoms with Crippen molar-refractivity contribution < 1.29 is 4.74 Å². The number of aromatic nitrogens is 4. The molecule has 0 amide bonds. The largest absolute Gasteiger partial charge is 0.379 e. The highest BCUT2D eigenvalue weighted by atomic mass is 32.1. The van der Waals surface area contributed by atoms with E-state index in [9.17, 15) is 0 Å². The maximum Gasteiger partial charge on any atom is 0.208 e. The van der Waals surface area contributed by atoms with Crippen LogP contribution in [0.25, 0.3) is 0 Å². The lowest BCUT2D eigenvalue weighted by Gasteiger charge is -2.43. The Morgan fingerprint density at radius 1 is 1.17 bits per heavy atom. The van der Waals surface area contributed by atoms with Crippen LogP contribution < -0.4 is 9.80 Å². The molecule has 1 atom stereocenters. The number of rotatable bonds is 2. The summed E-state index contributed by atoms with van der Waals surface area (Å²) in [6, 6.07) is 0. The maximum absolute atomic E-state index is 5.95. The Bertz CT molecular complexity index is 624. The van der Waals surface area contributed by atoms with Crippen LogP contribution in [0.15, 0.2) is 24.1 Å². The van der Waals surface area contributed by atoms with E-state index in [1.54, 1.807) is 29.2 Å². The predicted octanol–water partition coefficient (Wildman–Crippen LogP) is 1.45. The minimum Gasteiger partial charge on any atom is -0.379 e. The minimum atomic E-state index is 0.109. The monoisotopic (exact) mass is 332 g/mol. The van der Waals surface area contributed by atoms with Crippen LogP contribution in [0.4, 0.5) is 10.9 Å². The van der Waals surface area contributed by atoms with Crippen LogP contribution in [-0.2, 0) is 4.74 Å². The van der Waals surface area contributed by atoms with Gasteiger partial charge in [0.2, 0.25) is 5.13 Å². The van der Waals surface area contributed by atoms with E-state index >= 15 is 0 Å². The fourth-order valence-electron chi connectivity index (χ4n) is 3.57. The van der Waals surface area contributed by atoms with Crippen molar-refractivity contribution in [3.8, 4) is 0 Å². The van der Waals surface area contributed by atoms with Crippen LogP contribution in [0.3, 0.4) is 0 Å². The molecule has 0 aliphatic carbocycles. The molecule has 2 saturated heterocycles. The van der Waals surface area contributed by atoms with E-state index in [2.05, 4.69) is 30.0 Å². The summed E-state index contributed by atoms with van der Waals surface area (Å²) in [5.41, 5.74) is 1.90. The highest BCUT2D eigenvalue weighted by Crippen LogP contribution is 2.35. The van der Waals surface area contributed by atoms with Crippen molar-refractivity contribution in [1.82, 2.24) is 20.2 Å². The molecule has 2 aromatic heterocycles. The molecular weight excluding hydrogens is 312 g/mol. The molecule has 4 rings (SSSR count). The molecular formula is C15H20N6OS. The zero-order chi connectivity index (χ0) is 15.5. The number of hydrogen-bond donors (Lipinski definition) is 0. The molecule has 1 spiro atoms. The third-order valence-corrected chi connectivity index (χ3v) is 5.34. The predicted molar refractivity (Wildman–Crippen MR) is 88.9 cm³/mol. The third kappa shape index (κ3) is 3.13. The maximum atomic E-state index is 5.95. The molecule has 8 heteroatoms. The first-order valence-electron chi connectivity index (χ1n) is 7.95. The molecule has 23 heavy (non-hydrogen) atoms. The number of nitrogens with zero attached hydrogens (tertiary/aromatic N) is 6. The second-order valence-electron chi connectivity index (χ2n) is 6.28. The lowest BCUT2D eigenvalue weighted by atomic mass is 9.80. The van der Waals surface area contributed by atoms with Gasteiger partial charge in [-0.25, -0.2) is 4.98 Å². The van der Waals surface area contributed by atoms with Crippen molar-refractivity contribution in [3.05, 3.63) is 24.1 Å². The average Bonchev–Trinajstić information content (AvgIpc) is 3.06. The number of hydrogen-bond acceptors (Lipinski definition) is 8. The lowest BCUT2D eigenvalue weighted by molar-refractivity contribution is 0.0597. The highest BCUT2D eigenvalue weighted by molar-refractivity contribution is 7.13. The van der Waals surface area contributed by atoms with Crippen molar-refractivity contribution in [2.75, 3.05) is 49.2 Å². The van der Waals surface area contributed by atoms with Crippen LogP contribution in [0.2, 0.25) is 0 Å². The second-order valence-corrected chi connectivity index (χ2v) is 7.10. The van der Waals surface area contributed by atoms with E-state index in [0.717, 1.165) is 56.8 Å². The molecule has 7 nitrogen and oxygen atoms in total. The molecule has 2 fully saturated rings. The Morgan fingerprint density at radius 3 is 2.96 bits per heavy atom. The standard InChI is InChI=1S/C15H20N6OS/c1-2-15(9-20(5-1)13-8-16-3-4-17-13)10-21(6-7-22-11-15)14-19-18-12-23-14/h3-4,8,12H,1-2,5-7,9-11H2/t15-/m0/s1. The summed E-state index contributed by atoms with van der Waals surface area (Å²) in [4.78, 5) is 13.3. The van der Waals surface area contributed by atoms with Crippen LogP contribution in [0.1, 0.15) is 12.8 Å². The SMILES string of the molecule is c1cnc(N2CCC[C@]3(COCCN(c4nncs4)C3)C2)cn1. The first-order valence-corrected chi connectivity index (χ1v) is 8.83. The first kappa shape index (κ1) is 14.8. The fourth-order valence-corrected chi connectivity index (χ4v) is 4.15. The van der Waals surface area contributed by atoms with Crippen LogP contribution in [-0.4, -0.2) is 59.6 Å². The molecule has 122 valence electrons. The highest BCUT2D eigenvalue weighted by Gasteiger charge is 2.40. The number of anilines is 2. The van der Waals surface area contributed by atoms with Crippen LogP contribution in [0, 0.1) is 5.41 Å². The summed E-state index contributed by atoms with van der Waals surface area (Å²) in [7, 11) is 0. The molecule has 0 aromatic carbocycles. The van der Waals surface area contributed by atoms with Gasteiger partial charge >= 0.3 is 0 Å². The normalized spacial score (nSPS) is 25.6. The van der Waals surface area contributed by atoms with Crippen molar-refractivity contribution in [2.45, 2.75) is 12.8 Å². The Kier molecular flexibility index (Phi) is 4.09. The Morgan fingerprint density at radius 2 is 2.13 bits per heavy atom. The van der Waals surface area contributed by atoms with Gasteiger partial charge in [-0.2, -0.15) is 0 Å². The summed E-state index contributed by atoms with van der Waals surface area (Å²) in [6.07, 6.45) is 7.63. The molecule has 0 unspecified atom stereocenters. The van der Waals surface area contributed by atoms with E-state index in [1.165, 1.54) is 6.42 Å². The van der Waals surface area contributed by atoms with Gasteiger partial charge in [-0.1, -0.05) is 11.3 Å². The van der Waals surface area contributed by atoms with E-state index in [1.807, 2.05) is 6.20 Å². The van der Waals surface area contributed by atoms with E-state index in [4.69, 9.17) is 4.74 Å². The van der Waals surface area contributed by atoms with Gasteiger partial charge in [-0.05, 0) is 12.8 Å². The van der Waals surface area contributed by atoms with Gasteiger partial charge in [0.1, 0.15) is 11.3 Å². The lowest BCUT2D eigenvalue weighted by Crippen LogP contribution is -2.51. The van der Waals surface area contributed by atoms with Gasteiger partial charge in [-0.15, -0.1) is 10.2 Å². The van der Waals surface area contributed by atoms with E-state index < -0.39 is 0 Å². The second kappa shape index (κ2) is 6.37. The van der Waals surface area contributed by atoms with Crippen molar-refractivity contribution in [2.24, 2.45) is 5.41 Å². The minimum absolute atomic E-state index is 0.109. The Hall–Kier alpha value is -1.80. The summed E-state index contributed by atoms with van der Waals surface area (Å²) >= 11 is 1.60. The van der Waals surface area contributed by atoms with Gasteiger partial charge in [0.05, 0.1) is 19.4 Å². The number of ether oxygens (including phenoxy) is 1. The molecule has 0 saturated carbocycles. The smallest absolute Gasteiger partial charge is 0.208 e. The summed E-state index contributed by atoms with van der Waals surface area (Å²) < 4.78 is 5.95. The van der Waals surface area contributed by atoms with Gasteiger partial charge in [0.25, 0.3) is 0 Å². The summed E-state index contributed by atoms with van der Waals surface area (Å²) in [5, 5.41) is 9.21. The first-order chi connectivity index (χ1) is 11.3. The molecule has 2 aromatic rings. The van der Waals surface area contributed by atoms with Gasteiger partial charge in [0.15, 0.2) is 0 Å². The Balaban J connectivity index is 1.55. The van der Waals surface area contributed by atoms with Crippen LogP contribution >= 0.6 is 11.3 Å². The molecule has 4 heterocycles. The van der Waals surface area contributed by atoms with E-state index in [0.29, 0.717) is 0 Å². The zero-order valence-corrected chi connectivity index (χ0v) is 13.8. The number of piperidine rings is 1. The van der Waals surface area contributed by atoms with E-state index in [-0.39, 0.29) is 5.41 Å². The average molecular weight is 332 g/mol. The van der Waals surface area contributed by atoms with Crippen molar-refractivity contribution in [3.63, 3.8) is 0 Å². The summed E-state index contributed by atoms with van der Waals surface area (Å²) in [5.74, 6) is 0.957.